The van der Waals surface area contributed by atoms with Crippen LogP contribution >= 0.6 is 0 Å². The summed E-state index contributed by atoms with van der Waals surface area (Å²) >= 11 is 0. The second-order valence-corrected chi connectivity index (χ2v) is 11.4. The molecule has 2 atom stereocenters. The Morgan fingerprint density at radius 1 is 0.975 bits per heavy atom. The van der Waals surface area contributed by atoms with Gasteiger partial charge < -0.3 is 32.1 Å². The largest absolute Gasteiger partial charge is 0.392 e. The summed E-state index contributed by atoms with van der Waals surface area (Å²) in [6.07, 6.45) is 13.0. The molecule has 0 spiro atoms. The Morgan fingerprint density at radius 2 is 1.57 bits per heavy atom. The van der Waals surface area contributed by atoms with E-state index < -0.39 is 29.3 Å². The molecule has 2 aliphatic carbocycles. The lowest BCUT2D eigenvalue weighted by atomic mass is 9.53. The number of carbonyl (C=O) groups is 4. The normalized spacial score (nSPS) is 18.5. The smallest absolute Gasteiger partial charge is 0.312 e. The molecule has 10 heteroatoms. The van der Waals surface area contributed by atoms with Crippen molar-refractivity contribution in [2.45, 2.75) is 65.1 Å². The van der Waals surface area contributed by atoms with Crippen LogP contribution in [0.3, 0.4) is 0 Å². The van der Waals surface area contributed by atoms with E-state index in [1.807, 2.05) is 57.2 Å². The maximum absolute atomic E-state index is 13.8. The Hall–Kier alpha value is -3.92. The van der Waals surface area contributed by atoms with E-state index in [4.69, 9.17) is 5.73 Å². The number of rotatable bonds is 12. The number of carbonyl (C=O) groups excluding carboxylic acids is 4. The molecule has 216 valence electrons. The van der Waals surface area contributed by atoms with E-state index in [0.29, 0.717) is 30.5 Å². The zero-order valence-corrected chi connectivity index (χ0v) is 23.4. The number of nitrogens with one attached hydrogen (secondary N) is 4. The fourth-order valence-corrected chi connectivity index (χ4v) is 5.36. The molecule has 1 aromatic carbocycles. The summed E-state index contributed by atoms with van der Waals surface area (Å²) in [4.78, 5) is 51.8. The molecule has 0 aromatic heterocycles. The molecular formula is C30H41N5O5. The van der Waals surface area contributed by atoms with E-state index in [2.05, 4.69) is 21.3 Å². The summed E-state index contributed by atoms with van der Waals surface area (Å²) < 4.78 is 0. The molecule has 0 saturated heterocycles. The van der Waals surface area contributed by atoms with Gasteiger partial charge >= 0.3 is 6.03 Å². The molecule has 1 aromatic rings. The Balaban J connectivity index is 1.75. The predicted molar refractivity (Wildman–Crippen MR) is 154 cm³/mol. The molecule has 40 heavy (non-hydrogen) atoms. The summed E-state index contributed by atoms with van der Waals surface area (Å²) in [5, 5.41) is 20.4. The highest BCUT2D eigenvalue weighted by molar-refractivity contribution is 6.08. The number of aliphatic hydroxyl groups excluding tert-OH is 1. The van der Waals surface area contributed by atoms with Crippen molar-refractivity contribution in [1.82, 2.24) is 16.0 Å². The number of anilines is 1. The monoisotopic (exact) mass is 551 g/mol. The van der Waals surface area contributed by atoms with Crippen LogP contribution in [0, 0.1) is 16.7 Å². The van der Waals surface area contributed by atoms with Crippen LogP contribution in [0.4, 0.5) is 10.5 Å². The van der Waals surface area contributed by atoms with E-state index in [1.165, 1.54) is 0 Å². The summed E-state index contributed by atoms with van der Waals surface area (Å²) in [5.74, 6) is -1.33. The predicted octanol–water partition coefficient (Wildman–Crippen LogP) is 2.66. The van der Waals surface area contributed by atoms with Gasteiger partial charge in [0, 0.05) is 24.2 Å². The summed E-state index contributed by atoms with van der Waals surface area (Å²) in [7, 11) is 0. The molecule has 10 nitrogen and oxygen atoms in total. The second kappa shape index (κ2) is 13.4. The minimum Gasteiger partial charge on any atom is -0.392 e. The van der Waals surface area contributed by atoms with Gasteiger partial charge in [-0.1, -0.05) is 62.4 Å². The molecule has 0 aliphatic heterocycles. The zero-order chi connectivity index (χ0) is 29.3. The Kier molecular flexibility index (Phi) is 10.3. The highest BCUT2D eigenvalue weighted by Crippen LogP contribution is 2.54. The van der Waals surface area contributed by atoms with E-state index in [1.54, 1.807) is 24.3 Å². The number of hydrogen-bond acceptors (Lipinski definition) is 5. The molecule has 1 fully saturated rings. The Bertz CT molecular complexity index is 1150. The van der Waals surface area contributed by atoms with Crippen LogP contribution in [-0.4, -0.2) is 47.5 Å². The number of hydrogen-bond donors (Lipinski definition) is 6. The van der Waals surface area contributed by atoms with Crippen LogP contribution in [0.15, 0.2) is 60.7 Å². The SMILES string of the molecule is CC(NC(=O)C1(C(=O)NC(CCCNC(N)=O)C(=O)Nc2ccc(CO)cc2)CC(C)(C)C1)C1C=CC=CC=C1. The fourth-order valence-electron chi connectivity index (χ4n) is 5.36. The van der Waals surface area contributed by atoms with Crippen molar-refractivity contribution < 1.29 is 24.3 Å². The molecule has 0 bridgehead atoms. The first-order chi connectivity index (χ1) is 19.0. The summed E-state index contributed by atoms with van der Waals surface area (Å²) in [6, 6.07) is 4.82. The molecular weight excluding hydrogens is 510 g/mol. The molecule has 7 N–H and O–H groups in total. The number of amides is 5. The van der Waals surface area contributed by atoms with Gasteiger partial charge in [0.15, 0.2) is 0 Å². The lowest BCUT2D eigenvalue weighted by Crippen LogP contribution is -2.64. The van der Waals surface area contributed by atoms with Gasteiger partial charge in [0.25, 0.3) is 0 Å². The van der Waals surface area contributed by atoms with Crippen molar-refractivity contribution in [3.63, 3.8) is 0 Å². The third-order valence-electron chi connectivity index (χ3n) is 7.36. The number of aliphatic hydroxyl groups is 1. The number of primary amides is 1. The van der Waals surface area contributed by atoms with Crippen molar-refractivity contribution in [3.05, 3.63) is 66.3 Å². The maximum atomic E-state index is 13.8. The highest BCUT2D eigenvalue weighted by atomic mass is 16.3. The first kappa shape index (κ1) is 30.6. The molecule has 2 unspecified atom stereocenters. The van der Waals surface area contributed by atoms with Crippen molar-refractivity contribution >= 4 is 29.4 Å². The lowest BCUT2D eigenvalue weighted by Gasteiger charge is -2.51. The first-order valence-corrected chi connectivity index (χ1v) is 13.6. The average molecular weight is 552 g/mol. The van der Waals surface area contributed by atoms with Crippen LogP contribution in [0.25, 0.3) is 0 Å². The van der Waals surface area contributed by atoms with Gasteiger partial charge in [0.1, 0.15) is 11.5 Å². The van der Waals surface area contributed by atoms with Crippen LogP contribution < -0.4 is 27.0 Å². The maximum Gasteiger partial charge on any atom is 0.312 e. The van der Waals surface area contributed by atoms with Gasteiger partial charge in [-0.25, -0.2) is 4.79 Å². The third kappa shape index (κ3) is 8.05. The van der Waals surface area contributed by atoms with Gasteiger partial charge in [-0.05, 0) is 55.7 Å². The second-order valence-electron chi connectivity index (χ2n) is 11.4. The Morgan fingerprint density at radius 3 is 2.12 bits per heavy atom. The van der Waals surface area contributed by atoms with Crippen molar-refractivity contribution in [3.8, 4) is 0 Å². The highest BCUT2D eigenvalue weighted by Gasteiger charge is 2.59. The van der Waals surface area contributed by atoms with Crippen molar-refractivity contribution in [2.75, 3.05) is 11.9 Å². The minimum absolute atomic E-state index is 0.0272. The number of benzene rings is 1. The van der Waals surface area contributed by atoms with E-state index in [0.717, 1.165) is 0 Å². The fraction of sp³-hybridized carbons (Fsp3) is 0.467. The van der Waals surface area contributed by atoms with E-state index in [9.17, 15) is 24.3 Å². The summed E-state index contributed by atoms with van der Waals surface area (Å²) in [5.41, 5.74) is 4.83. The molecule has 5 amide bonds. The zero-order valence-electron chi connectivity index (χ0n) is 23.4. The van der Waals surface area contributed by atoms with Crippen LogP contribution in [0.2, 0.25) is 0 Å². The lowest BCUT2D eigenvalue weighted by molar-refractivity contribution is -0.160. The molecule has 2 aliphatic rings. The van der Waals surface area contributed by atoms with Gasteiger partial charge in [-0.2, -0.15) is 0 Å². The summed E-state index contributed by atoms with van der Waals surface area (Å²) in [6.45, 7) is 6.03. The van der Waals surface area contributed by atoms with Crippen molar-refractivity contribution in [2.24, 2.45) is 22.5 Å². The quantitative estimate of drug-likeness (QED) is 0.174. The topological polar surface area (TPSA) is 163 Å². The first-order valence-electron chi connectivity index (χ1n) is 13.6. The standard InChI is InChI=1S/C30H41N5O5/c1-20(22-9-6-4-5-7-10-22)33-26(38)30(18-29(2,3)19-30)27(39)35-24(11-8-16-32-28(31)40)25(37)34-23-14-12-21(17-36)13-15-23/h4-7,9-10,12-15,20,22,24,36H,8,11,16-19H2,1-3H3,(H,33,38)(H,34,37)(H,35,39)(H3,31,32,40). The van der Waals surface area contributed by atoms with E-state index in [-0.39, 0.29) is 42.9 Å². The number of allylic oxidation sites excluding steroid dienone is 4. The number of urea groups is 1. The number of nitrogens with two attached hydrogens (primary N) is 1. The van der Waals surface area contributed by atoms with Crippen LogP contribution in [0.5, 0.6) is 0 Å². The third-order valence-corrected chi connectivity index (χ3v) is 7.36. The molecule has 3 rings (SSSR count). The minimum atomic E-state index is -1.30. The van der Waals surface area contributed by atoms with Crippen LogP contribution in [-0.2, 0) is 21.0 Å². The molecule has 0 heterocycles. The average Bonchev–Trinajstić information content (AvgIpc) is 3.18. The van der Waals surface area contributed by atoms with Gasteiger partial charge in [-0.15, -0.1) is 0 Å². The van der Waals surface area contributed by atoms with Crippen LogP contribution in [0.1, 0.15) is 52.0 Å². The van der Waals surface area contributed by atoms with Crippen molar-refractivity contribution in [1.29, 1.82) is 0 Å². The van der Waals surface area contributed by atoms with Gasteiger partial charge in [0.2, 0.25) is 17.7 Å². The molecule has 1 saturated carbocycles. The molecule has 0 radical (unpaired) electrons. The van der Waals surface area contributed by atoms with E-state index >= 15 is 0 Å². The Labute approximate surface area is 235 Å². The van der Waals surface area contributed by atoms with Gasteiger partial charge in [-0.3, -0.25) is 14.4 Å². The van der Waals surface area contributed by atoms with Gasteiger partial charge in [0.05, 0.1) is 6.61 Å².